The summed E-state index contributed by atoms with van der Waals surface area (Å²) in [6.07, 6.45) is 2.96. The highest BCUT2D eigenvalue weighted by Crippen LogP contribution is 2.12. The van der Waals surface area contributed by atoms with Crippen LogP contribution in [0.15, 0.2) is 24.3 Å². The molecule has 0 aliphatic heterocycles. The lowest BCUT2D eigenvalue weighted by Gasteiger charge is -2.17. The summed E-state index contributed by atoms with van der Waals surface area (Å²) in [6.45, 7) is 7.10. The van der Waals surface area contributed by atoms with Crippen molar-refractivity contribution in [3.63, 3.8) is 0 Å². The Morgan fingerprint density at radius 1 is 1.35 bits per heavy atom. The zero-order valence-electron chi connectivity index (χ0n) is 10.6. The number of carbonyl (C=O) groups excluding carboxylic acids is 1. The summed E-state index contributed by atoms with van der Waals surface area (Å²) in [5.74, 6) is -0.654. The monoisotopic (exact) mass is 236 g/mol. The van der Waals surface area contributed by atoms with E-state index in [2.05, 4.69) is 0 Å². The fourth-order valence-electron chi connectivity index (χ4n) is 1.27. The van der Waals surface area contributed by atoms with Gasteiger partial charge in [-0.3, -0.25) is 0 Å². The summed E-state index contributed by atoms with van der Waals surface area (Å²) in [7, 11) is 0. The highest BCUT2D eigenvalue weighted by atomic mass is 19.1. The van der Waals surface area contributed by atoms with Gasteiger partial charge in [-0.25, -0.2) is 9.18 Å². The quantitative estimate of drug-likeness (QED) is 0.580. The van der Waals surface area contributed by atoms with E-state index < -0.39 is 11.6 Å². The lowest BCUT2D eigenvalue weighted by Crippen LogP contribution is -2.22. The number of esters is 1. The van der Waals surface area contributed by atoms with Gasteiger partial charge in [-0.05, 0) is 57.0 Å². The normalized spacial score (nSPS) is 11.8. The third kappa shape index (κ3) is 4.81. The van der Waals surface area contributed by atoms with Crippen molar-refractivity contribution in [3.05, 3.63) is 41.2 Å². The van der Waals surface area contributed by atoms with Crippen LogP contribution in [0.4, 0.5) is 4.39 Å². The average Bonchev–Trinajstić information content (AvgIpc) is 2.17. The standard InChI is InChI=1S/C14H17FO2/c1-10-9-11(5-7-12(10)15)6-8-13(16)17-14(2,3)4/h5-9H,1-4H3. The first-order valence-electron chi connectivity index (χ1n) is 5.45. The topological polar surface area (TPSA) is 26.3 Å². The van der Waals surface area contributed by atoms with E-state index in [0.717, 1.165) is 5.56 Å². The first-order valence-corrected chi connectivity index (χ1v) is 5.45. The lowest BCUT2D eigenvalue weighted by atomic mass is 10.1. The maximum Gasteiger partial charge on any atom is 0.331 e. The summed E-state index contributed by atoms with van der Waals surface area (Å²) in [5, 5.41) is 0. The number of rotatable bonds is 2. The van der Waals surface area contributed by atoms with Crippen molar-refractivity contribution in [3.8, 4) is 0 Å². The van der Waals surface area contributed by atoms with E-state index in [4.69, 9.17) is 4.74 Å². The van der Waals surface area contributed by atoms with Gasteiger partial charge in [0.2, 0.25) is 0 Å². The number of ether oxygens (including phenoxy) is 1. The molecule has 0 spiro atoms. The van der Waals surface area contributed by atoms with Crippen LogP contribution in [0.1, 0.15) is 31.9 Å². The van der Waals surface area contributed by atoms with E-state index in [1.54, 1.807) is 45.9 Å². The van der Waals surface area contributed by atoms with Crippen LogP contribution in [0.3, 0.4) is 0 Å². The van der Waals surface area contributed by atoms with Crippen molar-refractivity contribution in [2.24, 2.45) is 0 Å². The molecule has 0 atom stereocenters. The van der Waals surface area contributed by atoms with Gasteiger partial charge in [0.25, 0.3) is 0 Å². The molecule has 0 unspecified atom stereocenters. The van der Waals surface area contributed by atoms with Crippen molar-refractivity contribution in [1.29, 1.82) is 0 Å². The van der Waals surface area contributed by atoms with Gasteiger partial charge in [0.1, 0.15) is 11.4 Å². The summed E-state index contributed by atoms with van der Waals surface area (Å²) >= 11 is 0. The molecule has 3 heteroatoms. The van der Waals surface area contributed by atoms with Gasteiger partial charge in [-0.15, -0.1) is 0 Å². The molecular formula is C14H17FO2. The molecule has 0 aliphatic carbocycles. The molecule has 92 valence electrons. The molecule has 0 saturated heterocycles. The Morgan fingerprint density at radius 3 is 2.53 bits per heavy atom. The molecule has 0 aromatic heterocycles. The zero-order chi connectivity index (χ0) is 13.1. The van der Waals surface area contributed by atoms with Gasteiger partial charge in [0, 0.05) is 6.08 Å². The Bertz CT molecular complexity index is 442. The number of halogens is 1. The van der Waals surface area contributed by atoms with Gasteiger partial charge in [0.05, 0.1) is 0 Å². The molecule has 0 aliphatic rings. The molecule has 0 heterocycles. The van der Waals surface area contributed by atoms with Crippen molar-refractivity contribution < 1.29 is 13.9 Å². The molecule has 1 aromatic carbocycles. The second kappa shape index (κ2) is 5.13. The Labute approximate surface area is 101 Å². The molecular weight excluding hydrogens is 219 g/mol. The van der Waals surface area contributed by atoms with Crippen molar-refractivity contribution in [2.45, 2.75) is 33.3 Å². The molecule has 0 N–H and O–H groups in total. The predicted molar refractivity (Wildman–Crippen MR) is 66.0 cm³/mol. The van der Waals surface area contributed by atoms with E-state index in [1.165, 1.54) is 12.1 Å². The summed E-state index contributed by atoms with van der Waals surface area (Å²) in [6, 6.07) is 4.67. The average molecular weight is 236 g/mol. The molecule has 0 bridgehead atoms. The maximum absolute atomic E-state index is 13.0. The van der Waals surface area contributed by atoms with E-state index in [1.807, 2.05) is 0 Å². The highest BCUT2D eigenvalue weighted by Gasteiger charge is 2.13. The van der Waals surface area contributed by atoms with Gasteiger partial charge < -0.3 is 4.74 Å². The van der Waals surface area contributed by atoms with Crippen molar-refractivity contribution >= 4 is 12.0 Å². The Hall–Kier alpha value is -1.64. The van der Waals surface area contributed by atoms with Crippen LogP contribution in [-0.4, -0.2) is 11.6 Å². The van der Waals surface area contributed by atoms with Crippen molar-refractivity contribution in [1.82, 2.24) is 0 Å². The third-order valence-corrected chi connectivity index (χ3v) is 2.00. The smallest absolute Gasteiger partial charge is 0.331 e. The number of hydrogen-bond donors (Lipinski definition) is 0. The second-order valence-electron chi connectivity index (χ2n) is 4.88. The van der Waals surface area contributed by atoms with Crippen LogP contribution < -0.4 is 0 Å². The molecule has 1 aromatic rings. The van der Waals surface area contributed by atoms with Gasteiger partial charge in [0.15, 0.2) is 0 Å². The largest absolute Gasteiger partial charge is 0.457 e. The van der Waals surface area contributed by atoms with Gasteiger partial charge >= 0.3 is 5.97 Å². The zero-order valence-corrected chi connectivity index (χ0v) is 10.6. The Balaban J connectivity index is 2.71. The van der Waals surface area contributed by atoms with Crippen LogP contribution in [0.2, 0.25) is 0 Å². The summed E-state index contributed by atoms with van der Waals surface area (Å²) < 4.78 is 18.1. The molecule has 2 nitrogen and oxygen atoms in total. The number of hydrogen-bond acceptors (Lipinski definition) is 2. The van der Waals surface area contributed by atoms with Crippen LogP contribution >= 0.6 is 0 Å². The summed E-state index contributed by atoms with van der Waals surface area (Å²) in [5.41, 5.74) is 0.825. The molecule has 17 heavy (non-hydrogen) atoms. The van der Waals surface area contributed by atoms with E-state index >= 15 is 0 Å². The van der Waals surface area contributed by atoms with Gasteiger partial charge in [-0.1, -0.05) is 6.07 Å². The maximum atomic E-state index is 13.0. The van der Waals surface area contributed by atoms with Crippen LogP contribution in [0.5, 0.6) is 0 Å². The fraction of sp³-hybridized carbons (Fsp3) is 0.357. The molecule has 0 radical (unpaired) electrons. The Kier molecular flexibility index (Phi) is 4.05. The van der Waals surface area contributed by atoms with E-state index in [9.17, 15) is 9.18 Å². The molecule has 0 amide bonds. The lowest BCUT2D eigenvalue weighted by molar-refractivity contribution is -0.148. The molecule has 0 saturated carbocycles. The first kappa shape index (κ1) is 13.4. The number of aryl methyl sites for hydroxylation is 1. The highest BCUT2D eigenvalue weighted by molar-refractivity contribution is 5.87. The Morgan fingerprint density at radius 2 is 2.00 bits per heavy atom. The SMILES string of the molecule is Cc1cc(C=CC(=O)OC(C)(C)C)ccc1F. The van der Waals surface area contributed by atoms with E-state index in [0.29, 0.717) is 5.56 Å². The van der Waals surface area contributed by atoms with Gasteiger partial charge in [-0.2, -0.15) is 0 Å². The van der Waals surface area contributed by atoms with Crippen LogP contribution in [0.25, 0.3) is 6.08 Å². The number of benzene rings is 1. The molecule has 1 rings (SSSR count). The van der Waals surface area contributed by atoms with E-state index in [-0.39, 0.29) is 5.82 Å². The minimum atomic E-state index is -0.500. The first-order chi connectivity index (χ1) is 7.78. The third-order valence-electron chi connectivity index (χ3n) is 2.00. The fourth-order valence-corrected chi connectivity index (χ4v) is 1.27. The minimum Gasteiger partial charge on any atom is -0.457 e. The van der Waals surface area contributed by atoms with Crippen LogP contribution in [-0.2, 0) is 9.53 Å². The van der Waals surface area contributed by atoms with Crippen LogP contribution in [0, 0.1) is 12.7 Å². The predicted octanol–water partition coefficient (Wildman–Crippen LogP) is 3.49. The minimum absolute atomic E-state index is 0.251. The van der Waals surface area contributed by atoms with Crippen molar-refractivity contribution in [2.75, 3.05) is 0 Å². The number of carbonyl (C=O) groups is 1. The summed E-state index contributed by atoms with van der Waals surface area (Å²) in [4.78, 5) is 11.4. The molecule has 0 fully saturated rings. The second-order valence-corrected chi connectivity index (χ2v) is 4.88.